The van der Waals surface area contributed by atoms with Crippen LogP contribution in [0.1, 0.15) is 16.1 Å². The van der Waals surface area contributed by atoms with Gasteiger partial charge in [-0.15, -0.1) is 0 Å². The van der Waals surface area contributed by atoms with Gasteiger partial charge < -0.3 is 10.6 Å². The number of nitrogens with zero attached hydrogens (tertiary/aromatic N) is 2. The van der Waals surface area contributed by atoms with E-state index in [2.05, 4.69) is 20.9 Å². The number of amides is 1. The Morgan fingerprint density at radius 1 is 1.35 bits per heavy atom. The van der Waals surface area contributed by atoms with Crippen LogP contribution in [0.15, 0.2) is 40.9 Å². The minimum Gasteiger partial charge on any atom is -0.384 e. The van der Waals surface area contributed by atoms with E-state index >= 15 is 0 Å². The maximum atomic E-state index is 12.3. The zero-order chi connectivity index (χ0) is 14.7. The predicted molar refractivity (Wildman–Crippen MR) is 83.6 cm³/mol. The van der Waals surface area contributed by atoms with Crippen molar-refractivity contribution >= 4 is 39.3 Å². The summed E-state index contributed by atoms with van der Waals surface area (Å²) in [7, 11) is 1.70. The van der Waals surface area contributed by atoms with Crippen molar-refractivity contribution in [2.75, 3.05) is 12.8 Å². The van der Waals surface area contributed by atoms with Crippen LogP contribution in [0.3, 0.4) is 0 Å². The van der Waals surface area contributed by atoms with E-state index in [1.165, 1.54) is 0 Å². The van der Waals surface area contributed by atoms with Crippen molar-refractivity contribution in [1.29, 1.82) is 0 Å². The first-order chi connectivity index (χ1) is 9.49. The average Bonchev–Trinajstić information content (AvgIpc) is 2.43. The lowest BCUT2D eigenvalue weighted by Gasteiger charge is -2.18. The summed E-state index contributed by atoms with van der Waals surface area (Å²) in [6.07, 6.45) is 0. The molecule has 2 aromatic rings. The first-order valence-corrected chi connectivity index (χ1v) is 7.07. The third-order valence-corrected chi connectivity index (χ3v) is 3.86. The predicted octanol–water partition coefficient (Wildman–Crippen LogP) is 3.35. The number of nitrogens with two attached hydrogens (primary N) is 1. The molecule has 0 aliphatic rings. The molecule has 1 aromatic heterocycles. The first-order valence-electron chi connectivity index (χ1n) is 5.90. The summed E-state index contributed by atoms with van der Waals surface area (Å²) in [5.74, 6) is 0.00472. The van der Waals surface area contributed by atoms with Crippen LogP contribution < -0.4 is 5.73 Å². The highest BCUT2D eigenvalue weighted by Crippen LogP contribution is 2.20. The zero-order valence-corrected chi connectivity index (χ0v) is 13.1. The minimum atomic E-state index is -0.266. The summed E-state index contributed by atoms with van der Waals surface area (Å²) in [5, 5.41) is 0.295. The molecule has 1 aromatic carbocycles. The number of anilines is 1. The van der Waals surface area contributed by atoms with E-state index in [9.17, 15) is 4.79 Å². The number of hydrogen-bond donors (Lipinski definition) is 1. The smallest absolute Gasteiger partial charge is 0.274 e. The van der Waals surface area contributed by atoms with Gasteiger partial charge >= 0.3 is 0 Å². The van der Waals surface area contributed by atoms with Crippen LogP contribution in [-0.2, 0) is 6.54 Å². The maximum Gasteiger partial charge on any atom is 0.274 e. The molecule has 2 rings (SSSR count). The molecule has 6 heteroatoms. The molecule has 0 saturated heterocycles. The second kappa shape index (κ2) is 6.24. The number of rotatable bonds is 3. The Kier molecular flexibility index (Phi) is 4.62. The third-order valence-electron chi connectivity index (χ3n) is 2.78. The van der Waals surface area contributed by atoms with Gasteiger partial charge in [0.2, 0.25) is 0 Å². The fourth-order valence-electron chi connectivity index (χ4n) is 1.74. The Balaban J connectivity index is 2.21. The van der Waals surface area contributed by atoms with E-state index < -0.39 is 0 Å². The molecular weight excluding hydrogens is 342 g/mol. The number of carbonyl (C=O) groups excluding carboxylic acids is 1. The number of pyridine rings is 1. The highest BCUT2D eigenvalue weighted by atomic mass is 79.9. The van der Waals surface area contributed by atoms with Crippen LogP contribution >= 0.6 is 27.5 Å². The lowest BCUT2D eigenvalue weighted by Crippen LogP contribution is -2.27. The van der Waals surface area contributed by atoms with Gasteiger partial charge in [0.15, 0.2) is 0 Å². The largest absolute Gasteiger partial charge is 0.384 e. The Hall–Kier alpha value is -1.59. The van der Waals surface area contributed by atoms with Crippen molar-refractivity contribution < 1.29 is 4.79 Å². The van der Waals surface area contributed by atoms with Gasteiger partial charge in [0.05, 0.1) is 5.02 Å². The average molecular weight is 355 g/mol. The standard InChI is InChI=1S/C14H13BrClN3O/c1-19(8-9-4-2-3-5-10(9)15)14(20)13-11(16)6-7-12(17)18-13/h2-7H,8H2,1H3,(H2,17,18). The SMILES string of the molecule is CN(Cc1ccccc1Br)C(=O)c1nc(N)ccc1Cl. The van der Waals surface area contributed by atoms with Crippen molar-refractivity contribution in [2.45, 2.75) is 6.54 Å². The number of aromatic nitrogens is 1. The second-order valence-electron chi connectivity index (χ2n) is 4.32. The highest BCUT2D eigenvalue weighted by molar-refractivity contribution is 9.10. The van der Waals surface area contributed by atoms with Crippen LogP contribution in [0.25, 0.3) is 0 Å². The number of carbonyl (C=O) groups is 1. The first kappa shape index (κ1) is 14.8. The summed E-state index contributed by atoms with van der Waals surface area (Å²) < 4.78 is 0.950. The Labute approximate surface area is 130 Å². The van der Waals surface area contributed by atoms with Crippen molar-refractivity contribution in [3.8, 4) is 0 Å². The zero-order valence-electron chi connectivity index (χ0n) is 10.8. The summed E-state index contributed by atoms with van der Waals surface area (Å²) in [5.41, 5.74) is 6.77. The molecule has 0 atom stereocenters. The number of halogens is 2. The van der Waals surface area contributed by atoms with E-state index in [1.807, 2.05) is 24.3 Å². The lowest BCUT2D eigenvalue weighted by atomic mass is 10.2. The molecule has 0 radical (unpaired) electrons. The van der Waals surface area contributed by atoms with Crippen LogP contribution in [0.5, 0.6) is 0 Å². The monoisotopic (exact) mass is 353 g/mol. The van der Waals surface area contributed by atoms with E-state index in [-0.39, 0.29) is 17.4 Å². The molecule has 2 N–H and O–H groups in total. The number of nitrogen functional groups attached to an aromatic ring is 1. The van der Waals surface area contributed by atoms with E-state index in [0.29, 0.717) is 11.6 Å². The quantitative estimate of drug-likeness (QED) is 0.919. The van der Waals surface area contributed by atoms with E-state index in [4.69, 9.17) is 17.3 Å². The summed E-state index contributed by atoms with van der Waals surface area (Å²) in [6, 6.07) is 10.9. The highest BCUT2D eigenvalue weighted by Gasteiger charge is 2.18. The fraction of sp³-hybridized carbons (Fsp3) is 0.143. The van der Waals surface area contributed by atoms with E-state index in [1.54, 1.807) is 24.1 Å². The van der Waals surface area contributed by atoms with Gasteiger partial charge in [0, 0.05) is 18.1 Å². The van der Waals surface area contributed by atoms with Crippen LogP contribution in [-0.4, -0.2) is 22.8 Å². The molecule has 20 heavy (non-hydrogen) atoms. The normalized spacial score (nSPS) is 10.3. The van der Waals surface area contributed by atoms with Crippen molar-refractivity contribution in [3.05, 3.63) is 57.2 Å². The summed E-state index contributed by atoms with van der Waals surface area (Å²) >= 11 is 9.45. The molecule has 0 fully saturated rings. The second-order valence-corrected chi connectivity index (χ2v) is 5.58. The third kappa shape index (κ3) is 3.29. The molecule has 4 nitrogen and oxygen atoms in total. The molecule has 0 bridgehead atoms. The lowest BCUT2D eigenvalue weighted by molar-refractivity contribution is 0.0779. The van der Waals surface area contributed by atoms with Crippen LogP contribution in [0.4, 0.5) is 5.82 Å². The molecule has 104 valence electrons. The van der Waals surface area contributed by atoms with Gasteiger partial charge in [-0.2, -0.15) is 0 Å². The molecule has 1 heterocycles. The van der Waals surface area contributed by atoms with Gasteiger partial charge in [-0.25, -0.2) is 4.98 Å². The molecule has 0 aliphatic carbocycles. The molecule has 0 spiro atoms. The molecule has 0 saturated carbocycles. The van der Waals surface area contributed by atoms with Crippen molar-refractivity contribution in [1.82, 2.24) is 9.88 Å². The molecule has 0 aliphatic heterocycles. The molecule has 1 amide bonds. The maximum absolute atomic E-state index is 12.3. The van der Waals surface area contributed by atoms with Crippen LogP contribution in [0.2, 0.25) is 5.02 Å². The van der Waals surface area contributed by atoms with Gasteiger partial charge in [-0.05, 0) is 23.8 Å². The van der Waals surface area contributed by atoms with E-state index in [0.717, 1.165) is 10.0 Å². The van der Waals surface area contributed by atoms with Crippen LogP contribution in [0, 0.1) is 0 Å². The van der Waals surface area contributed by atoms with Crippen molar-refractivity contribution in [2.24, 2.45) is 0 Å². The van der Waals surface area contributed by atoms with Crippen molar-refractivity contribution in [3.63, 3.8) is 0 Å². The number of hydrogen-bond acceptors (Lipinski definition) is 3. The Morgan fingerprint density at radius 2 is 2.05 bits per heavy atom. The summed E-state index contributed by atoms with van der Waals surface area (Å²) in [6.45, 7) is 0.451. The van der Waals surface area contributed by atoms with Gasteiger partial charge in [0.25, 0.3) is 5.91 Å². The Morgan fingerprint density at radius 3 is 2.75 bits per heavy atom. The van der Waals surface area contributed by atoms with Gasteiger partial charge in [0.1, 0.15) is 11.5 Å². The van der Waals surface area contributed by atoms with Gasteiger partial charge in [-0.1, -0.05) is 45.7 Å². The summed E-state index contributed by atoms with van der Waals surface area (Å²) in [4.78, 5) is 17.9. The van der Waals surface area contributed by atoms with Gasteiger partial charge in [-0.3, -0.25) is 4.79 Å². The minimum absolute atomic E-state index is 0.168. The molecular formula is C14H13BrClN3O. The Bertz CT molecular complexity index is 648. The molecule has 0 unspecified atom stereocenters. The topological polar surface area (TPSA) is 59.2 Å². The number of benzene rings is 1. The fourth-order valence-corrected chi connectivity index (χ4v) is 2.34.